The number of carbonyl (C=O) groups excluding carboxylic acids is 1. The Hall–Kier alpha value is -1.73. The van der Waals surface area contributed by atoms with Crippen LogP contribution in [0.15, 0.2) is 21.3 Å². The normalized spacial score (nSPS) is 11.3. The topological polar surface area (TPSA) is 71.3 Å². The van der Waals surface area contributed by atoms with Gasteiger partial charge in [-0.05, 0) is 31.8 Å². The second kappa shape index (κ2) is 7.33. The van der Waals surface area contributed by atoms with Gasteiger partial charge in [-0.15, -0.1) is 0 Å². The molecule has 21 heavy (non-hydrogen) atoms. The Bertz CT molecular complexity index is 565. The summed E-state index contributed by atoms with van der Waals surface area (Å²) in [5.41, 5.74) is 0.954. The zero-order valence-electron chi connectivity index (χ0n) is 12.5. The summed E-state index contributed by atoms with van der Waals surface area (Å²) >= 11 is 1.59. The van der Waals surface area contributed by atoms with Crippen LogP contribution in [0.1, 0.15) is 26.7 Å². The lowest BCUT2D eigenvalue weighted by Gasteiger charge is -2.18. The van der Waals surface area contributed by atoms with Crippen molar-refractivity contribution in [1.82, 2.24) is 20.4 Å². The SMILES string of the molecule is CCN(CC(=O)NC(C)C)Cc1nc(-c2ccsc2)no1. The molecule has 2 aromatic heterocycles. The average Bonchev–Trinajstić information content (AvgIpc) is 3.07. The number of carbonyl (C=O) groups is 1. The Morgan fingerprint density at radius 2 is 2.33 bits per heavy atom. The molecular weight excluding hydrogens is 288 g/mol. The molecule has 1 amide bonds. The van der Waals surface area contributed by atoms with Gasteiger partial charge in [0.25, 0.3) is 0 Å². The van der Waals surface area contributed by atoms with Crippen molar-refractivity contribution in [1.29, 1.82) is 0 Å². The lowest BCUT2D eigenvalue weighted by Crippen LogP contribution is -2.39. The van der Waals surface area contributed by atoms with E-state index in [2.05, 4.69) is 15.5 Å². The van der Waals surface area contributed by atoms with Gasteiger partial charge in [0.1, 0.15) is 0 Å². The molecule has 0 spiro atoms. The zero-order valence-corrected chi connectivity index (χ0v) is 13.3. The van der Waals surface area contributed by atoms with Crippen LogP contribution in [0.3, 0.4) is 0 Å². The molecule has 0 atom stereocenters. The molecule has 0 aromatic carbocycles. The molecule has 114 valence electrons. The van der Waals surface area contributed by atoms with E-state index >= 15 is 0 Å². The quantitative estimate of drug-likeness (QED) is 0.848. The van der Waals surface area contributed by atoms with Crippen LogP contribution in [-0.2, 0) is 11.3 Å². The second-order valence-electron chi connectivity index (χ2n) is 5.05. The van der Waals surface area contributed by atoms with Gasteiger partial charge in [0.05, 0.1) is 13.1 Å². The number of thiophene rings is 1. The Labute approximate surface area is 128 Å². The lowest BCUT2D eigenvalue weighted by molar-refractivity contribution is -0.122. The zero-order chi connectivity index (χ0) is 15.2. The molecule has 2 rings (SSSR count). The van der Waals surface area contributed by atoms with Crippen molar-refractivity contribution in [3.63, 3.8) is 0 Å². The first-order valence-electron chi connectivity index (χ1n) is 6.95. The number of aromatic nitrogens is 2. The predicted molar refractivity (Wildman–Crippen MR) is 81.8 cm³/mol. The summed E-state index contributed by atoms with van der Waals surface area (Å²) in [6.07, 6.45) is 0. The number of hydrogen-bond donors (Lipinski definition) is 1. The molecule has 1 N–H and O–H groups in total. The Morgan fingerprint density at radius 1 is 1.52 bits per heavy atom. The molecule has 6 nitrogen and oxygen atoms in total. The van der Waals surface area contributed by atoms with Crippen molar-refractivity contribution in [3.05, 3.63) is 22.7 Å². The molecule has 0 radical (unpaired) electrons. The summed E-state index contributed by atoms with van der Waals surface area (Å²) in [4.78, 5) is 18.1. The summed E-state index contributed by atoms with van der Waals surface area (Å²) in [5.74, 6) is 1.12. The predicted octanol–water partition coefficient (Wildman–Crippen LogP) is 2.14. The first kappa shape index (κ1) is 15.7. The van der Waals surface area contributed by atoms with Crippen LogP contribution in [0.4, 0.5) is 0 Å². The first-order chi connectivity index (χ1) is 10.1. The monoisotopic (exact) mass is 308 g/mol. The summed E-state index contributed by atoms with van der Waals surface area (Å²) in [6.45, 7) is 7.42. The fraction of sp³-hybridized carbons (Fsp3) is 0.500. The van der Waals surface area contributed by atoms with E-state index in [1.54, 1.807) is 11.3 Å². The van der Waals surface area contributed by atoms with E-state index in [1.165, 1.54) is 0 Å². The Kier molecular flexibility index (Phi) is 5.46. The van der Waals surface area contributed by atoms with Gasteiger partial charge < -0.3 is 9.84 Å². The van der Waals surface area contributed by atoms with E-state index in [0.29, 0.717) is 24.8 Å². The largest absolute Gasteiger partial charge is 0.353 e. The molecule has 0 aliphatic carbocycles. The minimum atomic E-state index is 0.00410. The maximum Gasteiger partial charge on any atom is 0.241 e. The third kappa shape index (κ3) is 4.64. The Balaban J connectivity index is 1.94. The molecular formula is C14H20N4O2S. The molecule has 0 aliphatic heterocycles. The maximum absolute atomic E-state index is 11.8. The fourth-order valence-corrected chi connectivity index (χ4v) is 2.50. The van der Waals surface area contributed by atoms with E-state index in [9.17, 15) is 4.79 Å². The minimum Gasteiger partial charge on any atom is -0.353 e. The average molecular weight is 308 g/mol. The highest BCUT2D eigenvalue weighted by molar-refractivity contribution is 7.08. The first-order valence-corrected chi connectivity index (χ1v) is 7.89. The molecule has 0 fully saturated rings. The highest BCUT2D eigenvalue weighted by Crippen LogP contribution is 2.19. The van der Waals surface area contributed by atoms with Gasteiger partial charge in [0.2, 0.25) is 17.6 Å². The van der Waals surface area contributed by atoms with Crippen molar-refractivity contribution in [2.75, 3.05) is 13.1 Å². The third-order valence-corrected chi connectivity index (χ3v) is 3.55. The van der Waals surface area contributed by atoms with Gasteiger partial charge in [-0.2, -0.15) is 16.3 Å². The van der Waals surface area contributed by atoms with Crippen molar-refractivity contribution in [2.45, 2.75) is 33.4 Å². The van der Waals surface area contributed by atoms with Crippen molar-refractivity contribution in [3.8, 4) is 11.4 Å². The van der Waals surface area contributed by atoms with E-state index < -0.39 is 0 Å². The molecule has 0 bridgehead atoms. The molecule has 0 unspecified atom stereocenters. The fourth-order valence-electron chi connectivity index (χ4n) is 1.87. The van der Waals surface area contributed by atoms with Crippen molar-refractivity contribution < 1.29 is 9.32 Å². The van der Waals surface area contributed by atoms with Crippen molar-refractivity contribution in [2.24, 2.45) is 0 Å². The maximum atomic E-state index is 11.8. The number of amides is 1. The summed E-state index contributed by atoms with van der Waals surface area (Å²) in [5, 5.41) is 10.8. The minimum absolute atomic E-state index is 0.00410. The standard InChI is InChI=1S/C14H20N4O2S/c1-4-18(7-12(19)15-10(2)3)8-13-16-14(17-20-13)11-5-6-21-9-11/h5-6,9-10H,4,7-8H2,1-3H3,(H,15,19). The smallest absolute Gasteiger partial charge is 0.241 e. The third-order valence-electron chi connectivity index (χ3n) is 2.87. The van der Waals surface area contributed by atoms with Crippen LogP contribution < -0.4 is 5.32 Å². The highest BCUT2D eigenvalue weighted by Gasteiger charge is 2.15. The number of rotatable bonds is 7. The molecule has 0 saturated carbocycles. The van der Waals surface area contributed by atoms with Crippen LogP contribution in [0.2, 0.25) is 0 Å². The van der Waals surface area contributed by atoms with Crippen LogP contribution >= 0.6 is 11.3 Å². The van der Waals surface area contributed by atoms with Crippen LogP contribution in [-0.4, -0.2) is 40.1 Å². The van der Waals surface area contributed by atoms with Gasteiger partial charge in [0, 0.05) is 17.0 Å². The number of nitrogens with zero attached hydrogens (tertiary/aromatic N) is 3. The van der Waals surface area contributed by atoms with E-state index in [-0.39, 0.29) is 11.9 Å². The van der Waals surface area contributed by atoms with Gasteiger partial charge in [-0.3, -0.25) is 9.69 Å². The van der Waals surface area contributed by atoms with Crippen LogP contribution in [0.5, 0.6) is 0 Å². The van der Waals surface area contributed by atoms with Gasteiger partial charge in [0.15, 0.2) is 0 Å². The van der Waals surface area contributed by atoms with Gasteiger partial charge in [-0.1, -0.05) is 12.1 Å². The molecule has 0 saturated heterocycles. The summed E-state index contributed by atoms with van der Waals surface area (Å²) in [7, 11) is 0. The van der Waals surface area contributed by atoms with Gasteiger partial charge in [-0.25, -0.2) is 0 Å². The number of likely N-dealkylation sites (N-methyl/N-ethyl adjacent to an activating group) is 1. The molecule has 0 aliphatic rings. The van der Waals surface area contributed by atoms with E-state index in [1.807, 2.05) is 42.5 Å². The molecule has 2 heterocycles. The highest BCUT2D eigenvalue weighted by atomic mass is 32.1. The molecule has 7 heteroatoms. The van der Waals surface area contributed by atoms with Crippen LogP contribution in [0, 0.1) is 0 Å². The van der Waals surface area contributed by atoms with Gasteiger partial charge >= 0.3 is 0 Å². The van der Waals surface area contributed by atoms with Crippen LogP contribution in [0.25, 0.3) is 11.4 Å². The summed E-state index contributed by atoms with van der Waals surface area (Å²) in [6, 6.07) is 2.09. The summed E-state index contributed by atoms with van der Waals surface area (Å²) < 4.78 is 5.25. The van der Waals surface area contributed by atoms with E-state index in [4.69, 9.17) is 4.52 Å². The lowest BCUT2D eigenvalue weighted by atomic mass is 10.3. The second-order valence-corrected chi connectivity index (χ2v) is 5.83. The Morgan fingerprint density at radius 3 is 2.95 bits per heavy atom. The van der Waals surface area contributed by atoms with E-state index in [0.717, 1.165) is 12.1 Å². The molecule has 2 aromatic rings. The number of nitrogens with one attached hydrogen (secondary N) is 1. The van der Waals surface area contributed by atoms with Crippen molar-refractivity contribution >= 4 is 17.2 Å². The number of hydrogen-bond acceptors (Lipinski definition) is 6.